The van der Waals surface area contributed by atoms with Crippen LogP contribution in [0.15, 0.2) is 59.6 Å². The van der Waals surface area contributed by atoms with Gasteiger partial charge in [-0.2, -0.15) is 0 Å². The summed E-state index contributed by atoms with van der Waals surface area (Å²) in [5.41, 5.74) is 1.88. The molecule has 0 saturated carbocycles. The van der Waals surface area contributed by atoms with Gasteiger partial charge in [0.1, 0.15) is 11.5 Å². The summed E-state index contributed by atoms with van der Waals surface area (Å²) in [6.07, 6.45) is 9.60. The number of phenols is 2. The standard InChI is InChI=1S/C16H16O3/c1-11-8-14(9-12(2)19-11)5-3-4-13-6-7-15(17)16(18)10-13/h3-10,17-18H,1-2H3/b4-3+. The van der Waals surface area contributed by atoms with Crippen molar-refractivity contribution in [2.24, 2.45) is 0 Å². The van der Waals surface area contributed by atoms with Crippen molar-refractivity contribution in [1.82, 2.24) is 0 Å². The highest BCUT2D eigenvalue weighted by atomic mass is 16.5. The quantitative estimate of drug-likeness (QED) is 0.789. The Hall–Kier alpha value is -2.42. The Morgan fingerprint density at radius 2 is 1.68 bits per heavy atom. The van der Waals surface area contributed by atoms with Gasteiger partial charge in [-0.25, -0.2) is 0 Å². The number of hydrogen-bond acceptors (Lipinski definition) is 3. The van der Waals surface area contributed by atoms with Gasteiger partial charge in [-0.15, -0.1) is 0 Å². The number of ether oxygens (including phenoxy) is 1. The number of allylic oxidation sites excluding steroid dienone is 7. The zero-order chi connectivity index (χ0) is 13.8. The second-order valence-corrected chi connectivity index (χ2v) is 4.39. The summed E-state index contributed by atoms with van der Waals surface area (Å²) in [6.45, 7) is 3.82. The zero-order valence-corrected chi connectivity index (χ0v) is 10.9. The van der Waals surface area contributed by atoms with Gasteiger partial charge in [0.2, 0.25) is 0 Å². The van der Waals surface area contributed by atoms with Crippen LogP contribution >= 0.6 is 0 Å². The monoisotopic (exact) mass is 256 g/mol. The Bertz CT molecular complexity index is 584. The van der Waals surface area contributed by atoms with Crippen LogP contribution in [0.2, 0.25) is 0 Å². The Morgan fingerprint density at radius 3 is 2.32 bits per heavy atom. The van der Waals surface area contributed by atoms with Crippen molar-refractivity contribution in [3.63, 3.8) is 0 Å². The summed E-state index contributed by atoms with van der Waals surface area (Å²) in [6, 6.07) is 4.71. The van der Waals surface area contributed by atoms with E-state index < -0.39 is 0 Å². The van der Waals surface area contributed by atoms with Crippen LogP contribution in [0.5, 0.6) is 11.5 Å². The largest absolute Gasteiger partial charge is 0.504 e. The third-order valence-corrected chi connectivity index (χ3v) is 2.64. The van der Waals surface area contributed by atoms with Gasteiger partial charge < -0.3 is 14.9 Å². The van der Waals surface area contributed by atoms with Crippen LogP contribution in [-0.2, 0) is 4.74 Å². The van der Waals surface area contributed by atoms with Crippen molar-refractivity contribution in [3.05, 3.63) is 65.2 Å². The molecule has 1 aromatic rings. The van der Waals surface area contributed by atoms with Gasteiger partial charge in [0, 0.05) is 0 Å². The van der Waals surface area contributed by atoms with E-state index in [4.69, 9.17) is 4.74 Å². The SMILES string of the molecule is CC1=CC(=C/C=C/c2ccc(O)c(O)c2)C=C(C)O1. The van der Waals surface area contributed by atoms with E-state index in [9.17, 15) is 10.2 Å². The molecule has 1 heterocycles. The first kappa shape index (κ1) is 13.0. The summed E-state index contributed by atoms with van der Waals surface area (Å²) in [5.74, 6) is 1.49. The lowest BCUT2D eigenvalue weighted by atomic mass is 10.1. The smallest absolute Gasteiger partial charge is 0.157 e. The molecule has 3 heteroatoms. The molecule has 2 rings (SSSR count). The maximum Gasteiger partial charge on any atom is 0.157 e. The van der Waals surface area contributed by atoms with Crippen molar-refractivity contribution in [2.45, 2.75) is 13.8 Å². The van der Waals surface area contributed by atoms with E-state index >= 15 is 0 Å². The van der Waals surface area contributed by atoms with Gasteiger partial charge in [0.05, 0.1) is 0 Å². The predicted molar refractivity (Wildman–Crippen MR) is 75.5 cm³/mol. The lowest BCUT2D eigenvalue weighted by Gasteiger charge is -2.11. The first-order valence-electron chi connectivity index (χ1n) is 5.99. The van der Waals surface area contributed by atoms with Crippen LogP contribution in [0.25, 0.3) is 6.08 Å². The Balaban J connectivity index is 2.15. The molecule has 98 valence electrons. The summed E-state index contributed by atoms with van der Waals surface area (Å²) in [4.78, 5) is 0. The topological polar surface area (TPSA) is 49.7 Å². The van der Waals surface area contributed by atoms with Crippen molar-refractivity contribution < 1.29 is 14.9 Å². The summed E-state index contributed by atoms with van der Waals surface area (Å²) in [7, 11) is 0. The fourth-order valence-electron chi connectivity index (χ4n) is 1.83. The highest BCUT2D eigenvalue weighted by Crippen LogP contribution is 2.25. The van der Waals surface area contributed by atoms with Crippen LogP contribution in [0, 0.1) is 0 Å². The molecule has 0 fully saturated rings. The van der Waals surface area contributed by atoms with E-state index in [0.717, 1.165) is 22.7 Å². The number of phenolic OH excluding ortho intramolecular Hbond substituents is 2. The first-order valence-corrected chi connectivity index (χ1v) is 5.99. The van der Waals surface area contributed by atoms with Gasteiger partial charge in [-0.3, -0.25) is 0 Å². The zero-order valence-electron chi connectivity index (χ0n) is 10.9. The summed E-state index contributed by atoms with van der Waals surface area (Å²) < 4.78 is 5.41. The molecule has 3 nitrogen and oxygen atoms in total. The van der Waals surface area contributed by atoms with E-state index in [0.29, 0.717) is 0 Å². The van der Waals surface area contributed by atoms with Gasteiger partial charge in [0.15, 0.2) is 11.5 Å². The molecule has 0 aromatic heterocycles. The van der Waals surface area contributed by atoms with Gasteiger partial charge in [-0.1, -0.05) is 24.3 Å². The number of hydrogen-bond donors (Lipinski definition) is 2. The molecule has 1 aromatic carbocycles. The van der Waals surface area contributed by atoms with E-state index in [1.807, 2.05) is 44.2 Å². The summed E-state index contributed by atoms with van der Waals surface area (Å²) >= 11 is 0. The molecular formula is C16H16O3. The minimum atomic E-state index is -0.118. The normalized spacial score (nSPS) is 14.9. The average molecular weight is 256 g/mol. The van der Waals surface area contributed by atoms with Crippen LogP contribution in [-0.4, -0.2) is 10.2 Å². The van der Waals surface area contributed by atoms with E-state index in [1.54, 1.807) is 6.07 Å². The highest BCUT2D eigenvalue weighted by Gasteiger charge is 2.02. The highest BCUT2D eigenvalue weighted by molar-refractivity contribution is 5.57. The van der Waals surface area contributed by atoms with E-state index in [2.05, 4.69) is 0 Å². The molecule has 19 heavy (non-hydrogen) atoms. The van der Waals surface area contributed by atoms with Crippen molar-refractivity contribution in [2.75, 3.05) is 0 Å². The molecule has 0 spiro atoms. The summed E-state index contributed by atoms with van der Waals surface area (Å²) in [5, 5.41) is 18.6. The number of benzene rings is 1. The molecule has 0 radical (unpaired) electrons. The van der Waals surface area contributed by atoms with Gasteiger partial charge >= 0.3 is 0 Å². The molecule has 0 amide bonds. The minimum absolute atomic E-state index is 0.114. The molecule has 1 aliphatic heterocycles. The average Bonchev–Trinajstić information content (AvgIpc) is 2.32. The van der Waals surface area contributed by atoms with Crippen LogP contribution in [0.4, 0.5) is 0 Å². The maximum atomic E-state index is 9.38. The minimum Gasteiger partial charge on any atom is -0.504 e. The van der Waals surface area contributed by atoms with Crippen LogP contribution in [0.1, 0.15) is 19.4 Å². The van der Waals surface area contributed by atoms with Crippen molar-refractivity contribution in [3.8, 4) is 11.5 Å². The van der Waals surface area contributed by atoms with E-state index in [-0.39, 0.29) is 11.5 Å². The van der Waals surface area contributed by atoms with Crippen LogP contribution in [0.3, 0.4) is 0 Å². The second-order valence-electron chi connectivity index (χ2n) is 4.39. The first-order chi connectivity index (χ1) is 9.04. The fraction of sp³-hybridized carbons (Fsp3) is 0.125. The lowest BCUT2D eigenvalue weighted by molar-refractivity contribution is 0.304. The predicted octanol–water partition coefficient (Wildman–Crippen LogP) is 3.88. The number of rotatable bonds is 2. The molecule has 0 aliphatic carbocycles. The van der Waals surface area contributed by atoms with Gasteiger partial charge in [-0.05, 0) is 49.3 Å². The Morgan fingerprint density at radius 1 is 1.00 bits per heavy atom. The maximum absolute atomic E-state index is 9.38. The van der Waals surface area contributed by atoms with Gasteiger partial charge in [0.25, 0.3) is 0 Å². The lowest BCUT2D eigenvalue weighted by Crippen LogP contribution is -1.93. The molecular weight excluding hydrogens is 240 g/mol. The van der Waals surface area contributed by atoms with Crippen molar-refractivity contribution >= 4 is 6.08 Å². The van der Waals surface area contributed by atoms with Crippen molar-refractivity contribution in [1.29, 1.82) is 0 Å². The third kappa shape index (κ3) is 3.52. The Labute approximate surface area is 112 Å². The van der Waals surface area contributed by atoms with Crippen LogP contribution < -0.4 is 0 Å². The third-order valence-electron chi connectivity index (χ3n) is 2.64. The fourth-order valence-corrected chi connectivity index (χ4v) is 1.83. The molecule has 1 aliphatic rings. The second kappa shape index (κ2) is 5.48. The molecule has 0 atom stereocenters. The Kier molecular flexibility index (Phi) is 3.76. The number of aromatic hydroxyl groups is 2. The molecule has 0 bridgehead atoms. The molecule has 2 N–H and O–H groups in total. The van der Waals surface area contributed by atoms with E-state index in [1.165, 1.54) is 12.1 Å². The molecule has 0 unspecified atom stereocenters. The molecule has 0 saturated heterocycles.